The number of carbonyl (C=O) groups excluding carboxylic acids is 2. The number of anilines is 1. The van der Waals surface area contributed by atoms with Gasteiger partial charge in [-0.15, -0.1) is 0 Å². The summed E-state index contributed by atoms with van der Waals surface area (Å²) in [5.74, 6) is -0.240. The van der Waals surface area contributed by atoms with E-state index in [1.807, 2.05) is 4.68 Å². The molecule has 1 fully saturated rings. The molecule has 1 aliphatic heterocycles. The largest absolute Gasteiger partial charge is 0.354 e. The summed E-state index contributed by atoms with van der Waals surface area (Å²) in [7, 11) is 0. The number of rotatable bonds is 4. The van der Waals surface area contributed by atoms with Crippen LogP contribution in [-0.2, 0) is 17.8 Å². The normalized spacial score (nSPS) is 21.9. The van der Waals surface area contributed by atoms with Crippen molar-refractivity contribution < 1.29 is 14.0 Å². The van der Waals surface area contributed by atoms with Crippen molar-refractivity contribution in [3.63, 3.8) is 0 Å². The lowest BCUT2D eigenvalue weighted by atomic mass is 9.89. The first-order valence-corrected chi connectivity index (χ1v) is 10.3. The predicted molar refractivity (Wildman–Crippen MR) is 110 cm³/mol. The van der Waals surface area contributed by atoms with E-state index in [0.29, 0.717) is 12.0 Å². The Morgan fingerprint density at radius 2 is 1.90 bits per heavy atom. The van der Waals surface area contributed by atoms with E-state index in [1.165, 1.54) is 6.92 Å². The fourth-order valence-electron chi connectivity index (χ4n) is 4.46. The minimum Gasteiger partial charge on any atom is -0.354 e. The van der Waals surface area contributed by atoms with Gasteiger partial charge < -0.3 is 10.6 Å². The predicted octanol–water partition coefficient (Wildman–Crippen LogP) is 2.85. The van der Waals surface area contributed by atoms with E-state index < -0.39 is 11.8 Å². The van der Waals surface area contributed by atoms with Crippen molar-refractivity contribution in [2.75, 3.05) is 5.32 Å². The van der Waals surface area contributed by atoms with Crippen LogP contribution < -0.4 is 16.0 Å². The Bertz CT molecular complexity index is 986. The molecule has 2 aromatic rings. The summed E-state index contributed by atoms with van der Waals surface area (Å²) in [6.45, 7) is 6.60. The van der Waals surface area contributed by atoms with E-state index >= 15 is 0 Å². The first-order valence-electron chi connectivity index (χ1n) is 10.3. The van der Waals surface area contributed by atoms with E-state index in [0.717, 1.165) is 43.3 Å². The standard InChI is InChI=1S/C21H27FN6O2/c1-12(29)25-13-4-5-14(6-13)26-20(30)27-19-7-15(17(22)10-23-19)16-9-24-28-11-21(2,3)8-18(16)28/h7,9-10,13-14H,4-6,8,11H2,1-3H3,(H,25,29)(H2,23,26,27,30)/t13-,14-/m1/s1. The van der Waals surface area contributed by atoms with Gasteiger partial charge in [-0.1, -0.05) is 13.8 Å². The second-order valence-corrected chi connectivity index (χ2v) is 9.06. The Balaban J connectivity index is 1.43. The number of hydrogen-bond donors (Lipinski definition) is 3. The number of nitrogens with one attached hydrogen (secondary N) is 3. The first-order chi connectivity index (χ1) is 14.2. The average molecular weight is 414 g/mol. The molecule has 8 nitrogen and oxygen atoms in total. The molecule has 9 heteroatoms. The molecule has 2 atom stereocenters. The molecule has 0 saturated heterocycles. The number of amides is 3. The van der Waals surface area contributed by atoms with Gasteiger partial charge in [0.1, 0.15) is 11.6 Å². The SMILES string of the molecule is CC(=O)N[C@@H]1CC[C@@H](NC(=O)Nc2cc(-c3cnn4c3CC(C)(C)C4)c(F)cn2)C1. The number of hydrogen-bond acceptors (Lipinski definition) is 4. The number of pyridine rings is 1. The number of carbonyl (C=O) groups is 2. The van der Waals surface area contributed by atoms with Crippen LogP contribution in [0.3, 0.4) is 0 Å². The molecule has 0 aromatic carbocycles. The molecule has 2 aliphatic rings. The highest BCUT2D eigenvalue weighted by molar-refractivity contribution is 5.89. The van der Waals surface area contributed by atoms with Gasteiger partial charge in [0.2, 0.25) is 5.91 Å². The zero-order chi connectivity index (χ0) is 21.5. The molecular formula is C21H27FN6O2. The number of halogens is 1. The molecule has 1 saturated carbocycles. The summed E-state index contributed by atoms with van der Waals surface area (Å²) >= 11 is 0. The summed E-state index contributed by atoms with van der Waals surface area (Å²) in [6, 6.07) is 1.21. The van der Waals surface area contributed by atoms with Gasteiger partial charge in [-0.3, -0.25) is 14.8 Å². The molecule has 1 aliphatic carbocycles. The summed E-state index contributed by atoms with van der Waals surface area (Å²) in [5.41, 5.74) is 2.19. The van der Waals surface area contributed by atoms with Crippen molar-refractivity contribution in [2.45, 2.75) is 65.1 Å². The Kier molecular flexibility index (Phi) is 5.21. The molecule has 4 rings (SSSR count). The second kappa shape index (κ2) is 7.70. The summed E-state index contributed by atoms with van der Waals surface area (Å²) in [5, 5.41) is 12.9. The van der Waals surface area contributed by atoms with Gasteiger partial charge >= 0.3 is 6.03 Å². The average Bonchev–Trinajstić information content (AvgIpc) is 3.30. The zero-order valence-electron chi connectivity index (χ0n) is 17.5. The third kappa shape index (κ3) is 4.29. The molecule has 0 spiro atoms. The summed E-state index contributed by atoms with van der Waals surface area (Å²) in [6.07, 6.45) is 5.91. The van der Waals surface area contributed by atoms with Crippen LogP contribution in [-0.4, -0.2) is 38.8 Å². The van der Waals surface area contributed by atoms with Gasteiger partial charge in [0.05, 0.1) is 12.4 Å². The molecule has 0 bridgehead atoms. The third-order valence-electron chi connectivity index (χ3n) is 5.73. The third-order valence-corrected chi connectivity index (χ3v) is 5.73. The monoisotopic (exact) mass is 414 g/mol. The van der Waals surface area contributed by atoms with Crippen LogP contribution in [0.15, 0.2) is 18.5 Å². The summed E-state index contributed by atoms with van der Waals surface area (Å²) in [4.78, 5) is 27.6. The smallest absolute Gasteiger partial charge is 0.320 e. The highest BCUT2D eigenvalue weighted by Gasteiger charge is 2.32. The molecule has 160 valence electrons. The van der Waals surface area contributed by atoms with Crippen molar-refractivity contribution in [3.8, 4) is 11.1 Å². The van der Waals surface area contributed by atoms with Crippen molar-refractivity contribution in [1.29, 1.82) is 0 Å². The fraction of sp³-hybridized carbons (Fsp3) is 0.524. The Morgan fingerprint density at radius 1 is 1.17 bits per heavy atom. The van der Waals surface area contributed by atoms with E-state index in [1.54, 1.807) is 12.3 Å². The highest BCUT2D eigenvalue weighted by atomic mass is 19.1. The molecular weight excluding hydrogens is 387 g/mol. The minimum atomic E-state index is -0.449. The quantitative estimate of drug-likeness (QED) is 0.716. The van der Waals surface area contributed by atoms with E-state index in [4.69, 9.17) is 0 Å². The van der Waals surface area contributed by atoms with Crippen molar-refractivity contribution >= 4 is 17.8 Å². The van der Waals surface area contributed by atoms with Crippen LogP contribution in [0, 0.1) is 11.2 Å². The molecule has 0 radical (unpaired) electrons. The fourth-order valence-corrected chi connectivity index (χ4v) is 4.46. The van der Waals surface area contributed by atoms with E-state index in [-0.39, 0.29) is 29.2 Å². The van der Waals surface area contributed by atoms with Crippen LogP contribution in [0.25, 0.3) is 11.1 Å². The maximum atomic E-state index is 14.5. The number of urea groups is 1. The van der Waals surface area contributed by atoms with E-state index in [2.05, 4.69) is 39.9 Å². The van der Waals surface area contributed by atoms with Gasteiger partial charge in [0, 0.05) is 42.4 Å². The van der Waals surface area contributed by atoms with Crippen LogP contribution in [0.1, 0.15) is 45.7 Å². The van der Waals surface area contributed by atoms with Crippen LogP contribution in [0.2, 0.25) is 0 Å². The van der Waals surface area contributed by atoms with Gasteiger partial charge in [-0.25, -0.2) is 14.2 Å². The second-order valence-electron chi connectivity index (χ2n) is 9.06. The molecule has 30 heavy (non-hydrogen) atoms. The topological polar surface area (TPSA) is 101 Å². The Labute approximate surface area is 174 Å². The Hall–Kier alpha value is -2.97. The van der Waals surface area contributed by atoms with Crippen molar-refractivity contribution in [1.82, 2.24) is 25.4 Å². The van der Waals surface area contributed by atoms with Gasteiger partial charge in [0.15, 0.2) is 0 Å². The van der Waals surface area contributed by atoms with Crippen LogP contribution in [0.4, 0.5) is 15.0 Å². The molecule has 3 amide bonds. The lowest BCUT2D eigenvalue weighted by Gasteiger charge is -2.15. The Morgan fingerprint density at radius 3 is 2.63 bits per heavy atom. The van der Waals surface area contributed by atoms with Crippen LogP contribution >= 0.6 is 0 Å². The lowest BCUT2D eigenvalue weighted by molar-refractivity contribution is -0.119. The maximum absolute atomic E-state index is 14.5. The molecule has 0 unspecified atom stereocenters. The number of aromatic nitrogens is 3. The number of fused-ring (bicyclic) bond motifs is 1. The molecule has 2 aromatic heterocycles. The molecule has 3 heterocycles. The maximum Gasteiger partial charge on any atom is 0.320 e. The van der Waals surface area contributed by atoms with Gasteiger partial charge in [-0.05, 0) is 37.2 Å². The molecule has 3 N–H and O–H groups in total. The van der Waals surface area contributed by atoms with Gasteiger partial charge in [0.25, 0.3) is 0 Å². The van der Waals surface area contributed by atoms with Crippen molar-refractivity contribution in [2.24, 2.45) is 5.41 Å². The highest BCUT2D eigenvalue weighted by Crippen LogP contribution is 2.37. The van der Waals surface area contributed by atoms with Gasteiger partial charge in [-0.2, -0.15) is 5.10 Å². The first kappa shape index (κ1) is 20.3. The van der Waals surface area contributed by atoms with Crippen LogP contribution in [0.5, 0.6) is 0 Å². The lowest BCUT2D eigenvalue weighted by Crippen LogP contribution is -2.38. The van der Waals surface area contributed by atoms with E-state index in [9.17, 15) is 14.0 Å². The summed E-state index contributed by atoms with van der Waals surface area (Å²) < 4.78 is 16.5. The minimum absolute atomic E-state index is 0.0251. The van der Waals surface area contributed by atoms with Crippen molar-refractivity contribution in [3.05, 3.63) is 30.0 Å². The zero-order valence-corrected chi connectivity index (χ0v) is 17.5. The number of nitrogens with zero attached hydrogens (tertiary/aromatic N) is 3.